The second kappa shape index (κ2) is 9.13. The van der Waals surface area contributed by atoms with E-state index in [4.69, 9.17) is 14.0 Å². The molecule has 1 aromatic heterocycles. The quantitative estimate of drug-likeness (QED) is 0.607. The lowest BCUT2D eigenvalue weighted by atomic mass is 10.1. The number of hydrogen-bond acceptors (Lipinski definition) is 8. The van der Waals surface area contributed by atoms with Crippen LogP contribution in [-0.4, -0.2) is 48.5 Å². The minimum absolute atomic E-state index is 0.0481. The molecule has 0 aliphatic carbocycles. The third-order valence-electron chi connectivity index (χ3n) is 5.05. The summed E-state index contributed by atoms with van der Waals surface area (Å²) >= 11 is 0. The Morgan fingerprint density at radius 2 is 2.10 bits per heavy atom. The van der Waals surface area contributed by atoms with Crippen LogP contribution in [0.1, 0.15) is 68.0 Å². The molecule has 0 spiro atoms. The number of hydrogen-bond donors (Lipinski definition) is 0. The van der Waals surface area contributed by atoms with Crippen LogP contribution in [-0.2, 0) is 21.4 Å². The number of methoxy groups -OCH3 is 1. The molecule has 2 heterocycles. The Morgan fingerprint density at radius 1 is 1.33 bits per heavy atom. The molecule has 0 N–H and O–H groups in total. The molecular formula is C20H27N3O6S. The number of esters is 1. The molecule has 30 heavy (non-hydrogen) atoms. The van der Waals surface area contributed by atoms with Crippen LogP contribution in [0, 0.1) is 0 Å². The Hall–Kier alpha value is -2.46. The zero-order chi connectivity index (χ0) is 21.9. The van der Waals surface area contributed by atoms with Gasteiger partial charge in [-0.2, -0.15) is 9.29 Å². The fraction of sp³-hybridized carbons (Fsp3) is 0.550. The first-order valence-electron chi connectivity index (χ1n) is 9.93. The van der Waals surface area contributed by atoms with Crippen molar-refractivity contribution in [1.29, 1.82) is 0 Å². The van der Waals surface area contributed by atoms with Gasteiger partial charge in [0.25, 0.3) is 5.89 Å². The molecule has 1 fully saturated rings. The summed E-state index contributed by atoms with van der Waals surface area (Å²) in [5, 5.41) is 3.82. The molecule has 1 aromatic carbocycles. The number of piperidine rings is 1. The molecule has 0 saturated carbocycles. The molecule has 2 aromatic rings. The summed E-state index contributed by atoms with van der Waals surface area (Å²) in [4.78, 5) is 16.6. The molecule has 1 atom stereocenters. The Balaban J connectivity index is 1.81. The van der Waals surface area contributed by atoms with Gasteiger partial charge < -0.3 is 14.0 Å². The fourth-order valence-electron chi connectivity index (χ4n) is 3.33. The summed E-state index contributed by atoms with van der Waals surface area (Å²) in [6.45, 7) is 5.97. The van der Waals surface area contributed by atoms with E-state index in [0.29, 0.717) is 12.4 Å². The predicted molar refractivity (Wildman–Crippen MR) is 108 cm³/mol. The van der Waals surface area contributed by atoms with Crippen molar-refractivity contribution in [3.05, 3.63) is 35.5 Å². The van der Waals surface area contributed by atoms with E-state index in [-0.39, 0.29) is 40.7 Å². The van der Waals surface area contributed by atoms with Gasteiger partial charge >= 0.3 is 5.97 Å². The Morgan fingerprint density at radius 3 is 2.73 bits per heavy atom. The Kier molecular flexibility index (Phi) is 6.77. The Bertz CT molecular complexity index is 1000. The molecule has 0 amide bonds. The molecule has 10 heteroatoms. The molecular weight excluding hydrogens is 410 g/mol. The van der Waals surface area contributed by atoms with E-state index in [1.807, 2.05) is 20.8 Å². The highest BCUT2D eigenvalue weighted by Gasteiger charge is 2.33. The van der Waals surface area contributed by atoms with Crippen molar-refractivity contribution in [2.45, 2.75) is 63.5 Å². The lowest BCUT2D eigenvalue weighted by Gasteiger charge is -2.32. The van der Waals surface area contributed by atoms with Gasteiger partial charge in [0.1, 0.15) is 10.6 Å². The normalized spacial score (nSPS) is 17.8. The first kappa shape index (κ1) is 22.2. The van der Waals surface area contributed by atoms with Crippen LogP contribution in [0.4, 0.5) is 0 Å². The minimum Gasteiger partial charge on any atom is -0.495 e. The van der Waals surface area contributed by atoms with Crippen LogP contribution < -0.4 is 4.74 Å². The summed E-state index contributed by atoms with van der Waals surface area (Å²) in [6, 6.07) is 4.11. The van der Waals surface area contributed by atoms with Gasteiger partial charge in [0, 0.05) is 18.5 Å². The van der Waals surface area contributed by atoms with Crippen molar-refractivity contribution in [3.8, 4) is 5.75 Å². The van der Waals surface area contributed by atoms with Crippen molar-refractivity contribution in [1.82, 2.24) is 14.4 Å². The zero-order valence-corrected chi connectivity index (χ0v) is 18.4. The van der Waals surface area contributed by atoms with Gasteiger partial charge in [0.05, 0.1) is 12.7 Å². The van der Waals surface area contributed by atoms with Gasteiger partial charge in [-0.1, -0.05) is 25.4 Å². The number of benzene rings is 1. The highest BCUT2D eigenvalue weighted by atomic mass is 32.2. The number of carbonyl (C=O) groups is 1. The van der Waals surface area contributed by atoms with Crippen LogP contribution >= 0.6 is 0 Å². The van der Waals surface area contributed by atoms with Gasteiger partial charge in [0.2, 0.25) is 10.0 Å². The van der Waals surface area contributed by atoms with Crippen LogP contribution in [0.5, 0.6) is 5.75 Å². The van der Waals surface area contributed by atoms with Crippen molar-refractivity contribution < 1.29 is 27.2 Å². The smallest absolute Gasteiger partial charge is 0.338 e. The summed E-state index contributed by atoms with van der Waals surface area (Å²) in [6.07, 6.45) is 2.59. The van der Waals surface area contributed by atoms with Crippen LogP contribution in [0.3, 0.4) is 0 Å². The van der Waals surface area contributed by atoms with E-state index in [0.717, 1.165) is 19.3 Å². The first-order chi connectivity index (χ1) is 14.2. The SMILES string of the molecule is COc1ccc(C(=O)OCc2nc(C(C)C)no2)cc1S(=O)(=O)N1CCCCC1C. The van der Waals surface area contributed by atoms with Gasteiger partial charge in [-0.05, 0) is 38.0 Å². The van der Waals surface area contributed by atoms with Gasteiger partial charge in [-0.15, -0.1) is 0 Å². The maximum absolute atomic E-state index is 13.3. The number of nitrogens with zero attached hydrogens (tertiary/aromatic N) is 3. The second-order valence-corrected chi connectivity index (χ2v) is 9.46. The molecule has 1 saturated heterocycles. The largest absolute Gasteiger partial charge is 0.495 e. The average Bonchev–Trinajstić information content (AvgIpc) is 3.21. The van der Waals surface area contributed by atoms with Crippen LogP contribution in [0.15, 0.2) is 27.6 Å². The average molecular weight is 438 g/mol. The molecule has 1 aliphatic rings. The maximum atomic E-state index is 13.3. The standard InChI is InChI=1S/C20H27N3O6S/c1-13(2)19-21-18(29-22-19)12-28-20(24)15-8-9-16(27-4)17(11-15)30(25,26)23-10-6-5-7-14(23)3/h8-9,11,13-14H,5-7,10,12H2,1-4H3. The number of carbonyl (C=O) groups excluding carboxylic acids is 1. The van der Waals surface area contributed by atoms with E-state index in [1.54, 1.807) is 0 Å². The third-order valence-corrected chi connectivity index (χ3v) is 7.09. The number of ether oxygens (including phenoxy) is 2. The second-order valence-electron chi connectivity index (χ2n) is 7.60. The molecule has 1 aliphatic heterocycles. The molecule has 0 bridgehead atoms. The van der Waals surface area contributed by atoms with E-state index in [2.05, 4.69) is 10.1 Å². The van der Waals surface area contributed by atoms with Gasteiger partial charge in [0.15, 0.2) is 12.4 Å². The molecule has 164 valence electrons. The lowest BCUT2D eigenvalue weighted by molar-refractivity contribution is 0.0429. The topological polar surface area (TPSA) is 112 Å². The van der Waals surface area contributed by atoms with E-state index >= 15 is 0 Å². The third kappa shape index (κ3) is 4.65. The van der Waals surface area contributed by atoms with Gasteiger partial charge in [-0.3, -0.25) is 0 Å². The number of aromatic nitrogens is 2. The van der Waals surface area contributed by atoms with E-state index in [9.17, 15) is 13.2 Å². The number of sulfonamides is 1. The van der Waals surface area contributed by atoms with Gasteiger partial charge in [-0.25, -0.2) is 13.2 Å². The summed E-state index contributed by atoms with van der Waals surface area (Å²) < 4.78 is 43.5. The highest BCUT2D eigenvalue weighted by Crippen LogP contribution is 2.32. The molecule has 9 nitrogen and oxygen atoms in total. The van der Waals surface area contributed by atoms with Crippen LogP contribution in [0.25, 0.3) is 0 Å². The van der Waals surface area contributed by atoms with Crippen molar-refractivity contribution in [2.24, 2.45) is 0 Å². The fourth-order valence-corrected chi connectivity index (χ4v) is 5.22. The molecule has 0 radical (unpaired) electrons. The molecule has 3 rings (SSSR count). The lowest BCUT2D eigenvalue weighted by Crippen LogP contribution is -2.42. The van der Waals surface area contributed by atoms with E-state index < -0.39 is 16.0 Å². The van der Waals surface area contributed by atoms with Crippen molar-refractivity contribution >= 4 is 16.0 Å². The Labute approximate surface area is 176 Å². The predicted octanol–water partition coefficient (Wildman–Crippen LogP) is 3.12. The summed E-state index contributed by atoms with van der Waals surface area (Å²) in [5.41, 5.74) is 0.0997. The van der Waals surface area contributed by atoms with Crippen LogP contribution in [0.2, 0.25) is 0 Å². The maximum Gasteiger partial charge on any atom is 0.338 e. The summed E-state index contributed by atoms with van der Waals surface area (Å²) in [5.74, 6) is 0.280. The first-order valence-corrected chi connectivity index (χ1v) is 11.4. The van der Waals surface area contributed by atoms with Crippen molar-refractivity contribution in [3.63, 3.8) is 0 Å². The minimum atomic E-state index is -3.82. The molecule has 1 unspecified atom stereocenters. The highest BCUT2D eigenvalue weighted by molar-refractivity contribution is 7.89. The number of rotatable bonds is 7. The summed E-state index contributed by atoms with van der Waals surface area (Å²) in [7, 11) is -2.43. The van der Waals surface area contributed by atoms with Crippen molar-refractivity contribution in [2.75, 3.05) is 13.7 Å². The zero-order valence-electron chi connectivity index (χ0n) is 17.6. The monoisotopic (exact) mass is 437 g/mol. The van der Waals surface area contributed by atoms with E-state index in [1.165, 1.54) is 29.6 Å².